The lowest BCUT2D eigenvalue weighted by molar-refractivity contribution is 0.719. The van der Waals surface area contributed by atoms with Crippen LogP contribution >= 0.6 is 35.2 Å². The molecule has 92 valence electrons. The molecule has 7 heteroatoms. The van der Waals surface area contributed by atoms with Gasteiger partial charge in [0.05, 0.1) is 10.9 Å². The number of anilines is 1. The normalized spacial score (nSPS) is 10.8. The highest BCUT2D eigenvalue weighted by molar-refractivity contribution is 7.71. The van der Waals surface area contributed by atoms with Gasteiger partial charge >= 0.3 is 0 Å². The fraction of sp³-hybridized carbons (Fsp3) is 0.400. The Morgan fingerprint density at radius 1 is 1.59 bits per heavy atom. The standard InChI is InChI=1S/C10H13ClN4S2/c1-3-15-9(12-13-10(15)16)14(2)6-7-4-5-8(11)17-7/h4-5H,3,6H2,1-2H3,(H,13,16). The molecule has 0 spiro atoms. The summed E-state index contributed by atoms with van der Waals surface area (Å²) >= 11 is 12.7. The van der Waals surface area contributed by atoms with E-state index in [1.807, 2.05) is 30.7 Å². The number of nitrogens with one attached hydrogen (secondary N) is 1. The van der Waals surface area contributed by atoms with E-state index in [1.54, 1.807) is 11.3 Å². The Bertz CT molecular complexity index is 557. The average molecular weight is 289 g/mol. The summed E-state index contributed by atoms with van der Waals surface area (Å²) in [4.78, 5) is 3.26. The monoisotopic (exact) mass is 288 g/mol. The molecule has 0 aliphatic carbocycles. The number of nitrogens with zero attached hydrogens (tertiary/aromatic N) is 3. The number of halogens is 1. The first kappa shape index (κ1) is 12.6. The molecule has 0 atom stereocenters. The molecule has 0 bridgehead atoms. The van der Waals surface area contributed by atoms with Gasteiger partial charge in [-0.05, 0) is 31.3 Å². The van der Waals surface area contributed by atoms with Crippen LogP contribution < -0.4 is 4.90 Å². The van der Waals surface area contributed by atoms with E-state index >= 15 is 0 Å². The number of thiophene rings is 1. The number of rotatable bonds is 4. The van der Waals surface area contributed by atoms with Crippen LogP contribution in [-0.4, -0.2) is 21.8 Å². The van der Waals surface area contributed by atoms with Gasteiger partial charge in [-0.25, -0.2) is 5.10 Å². The van der Waals surface area contributed by atoms with Crippen molar-refractivity contribution < 1.29 is 0 Å². The molecule has 2 aromatic rings. The first-order valence-corrected chi connectivity index (χ1v) is 6.82. The van der Waals surface area contributed by atoms with Crippen molar-refractivity contribution in [3.05, 3.63) is 26.1 Å². The van der Waals surface area contributed by atoms with Gasteiger partial charge in [-0.15, -0.1) is 16.4 Å². The first-order chi connectivity index (χ1) is 8.11. The fourth-order valence-electron chi connectivity index (χ4n) is 1.63. The van der Waals surface area contributed by atoms with Crippen molar-refractivity contribution in [1.29, 1.82) is 0 Å². The highest BCUT2D eigenvalue weighted by atomic mass is 35.5. The molecule has 2 rings (SSSR count). The third-order valence-electron chi connectivity index (χ3n) is 2.42. The zero-order valence-corrected chi connectivity index (χ0v) is 12.0. The predicted octanol–water partition coefficient (Wildman–Crippen LogP) is 3.31. The van der Waals surface area contributed by atoms with E-state index < -0.39 is 0 Å². The summed E-state index contributed by atoms with van der Waals surface area (Å²) in [6, 6.07) is 3.94. The van der Waals surface area contributed by atoms with Crippen LogP contribution in [0.3, 0.4) is 0 Å². The molecule has 0 aliphatic rings. The molecular formula is C10H13ClN4S2. The van der Waals surface area contributed by atoms with Crippen LogP contribution in [0, 0.1) is 4.77 Å². The van der Waals surface area contributed by atoms with E-state index in [0.717, 1.165) is 23.4 Å². The zero-order valence-electron chi connectivity index (χ0n) is 9.61. The van der Waals surface area contributed by atoms with E-state index in [2.05, 4.69) is 15.1 Å². The van der Waals surface area contributed by atoms with Crippen LogP contribution in [0.4, 0.5) is 5.95 Å². The quantitative estimate of drug-likeness (QED) is 0.877. The maximum absolute atomic E-state index is 5.91. The molecular weight excluding hydrogens is 276 g/mol. The largest absolute Gasteiger partial charge is 0.339 e. The Labute approximate surface area is 114 Å². The van der Waals surface area contributed by atoms with Crippen molar-refractivity contribution in [1.82, 2.24) is 14.8 Å². The molecule has 0 aromatic carbocycles. The van der Waals surface area contributed by atoms with Gasteiger partial charge in [0.1, 0.15) is 0 Å². The van der Waals surface area contributed by atoms with E-state index in [1.165, 1.54) is 4.88 Å². The minimum absolute atomic E-state index is 0.651. The summed E-state index contributed by atoms with van der Waals surface area (Å²) < 4.78 is 3.42. The molecule has 2 heterocycles. The average Bonchev–Trinajstić information content (AvgIpc) is 2.84. The van der Waals surface area contributed by atoms with Crippen molar-refractivity contribution in [3.8, 4) is 0 Å². The van der Waals surface area contributed by atoms with Gasteiger partial charge in [0.25, 0.3) is 0 Å². The second-order valence-electron chi connectivity index (χ2n) is 3.63. The summed E-state index contributed by atoms with van der Waals surface area (Å²) in [6.45, 7) is 3.63. The van der Waals surface area contributed by atoms with Crippen molar-refractivity contribution in [2.45, 2.75) is 20.0 Å². The number of H-pyrrole nitrogens is 1. The van der Waals surface area contributed by atoms with E-state index in [9.17, 15) is 0 Å². The van der Waals surface area contributed by atoms with Crippen LogP contribution in [0.5, 0.6) is 0 Å². The van der Waals surface area contributed by atoms with E-state index in [0.29, 0.717) is 4.77 Å². The van der Waals surface area contributed by atoms with Crippen molar-refractivity contribution in [3.63, 3.8) is 0 Å². The molecule has 0 saturated heterocycles. The highest BCUT2D eigenvalue weighted by Crippen LogP contribution is 2.23. The van der Waals surface area contributed by atoms with Gasteiger partial charge in [0.2, 0.25) is 5.95 Å². The van der Waals surface area contributed by atoms with Gasteiger partial charge in [-0.2, -0.15) is 0 Å². The van der Waals surface area contributed by atoms with Gasteiger partial charge in [-0.3, -0.25) is 4.57 Å². The summed E-state index contributed by atoms with van der Waals surface area (Å²) in [6.07, 6.45) is 0. The lowest BCUT2D eigenvalue weighted by Gasteiger charge is -2.17. The summed E-state index contributed by atoms with van der Waals surface area (Å²) in [5, 5.41) is 7.04. The molecule has 1 N–H and O–H groups in total. The van der Waals surface area contributed by atoms with Crippen LogP contribution in [0.25, 0.3) is 0 Å². The fourth-order valence-corrected chi connectivity index (χ4v) is 3.02. The molecule has 0 radical (unpaired) electrons. The topological polar surface area (TPSA) is 36.9 Å². The number of hydrogen-bond donors (Lipinski definition) is 1. The van der Waals surface area contributed by atoms with Gasteiger partial charge in [-0.1, -0.05) is 11.6 Å². The Morgan fingerprint density at radius 3 is 2.94 bits per heavy atom. The number of hydrogen-bond acceptors (Lipinski definition) is 4. The van der Waals surface area contributed by atoms with Crippen molar-refractivity contribution in [2.75, 3.05) is 11.9 Å². The molecule has 0 saturated carbocycles. The van der Waals surface area contributed by atoms with Crippen molar-refractivity contribution in [2.24, 2.45) is 0 Å². The number of aromatic nitrogens is 3. The molecule has 0 amide bonds. The zero-order chi connectivity index (χ0) is 12.4. The van der Waals surface area contributed by atoms with Crippen LogP contribution in [0.15, 0.2) is 12.1 Å². The lowest BCUT2D eigenvalue weighted by Crippen LogP contribution is -2.20. The highest BCUT2D eigenvalue weighted by Gasteiger charge is 2.11. The van der Waals surface area contributed by atoms with Crippen molar-refractivity contribution >= 4 is 41.1 Å². The maximum Gasteiger partial charge on any atom is 0.225 e. The Balaban J connectivity index is 2.19. The smallest absolute Gasteiger partial charge is 0.225 e. The Morgan fingerprint density at radius 2 is 2.35 bits per heavy atom. The molecule has 0 unspecified atom stereocenters. The molecule has 17 heavy (non-hydrogen) atoms. The summed E-state index contributed by atoms with van der Waals surface area (Å²) in [7, 11) is 1.99. The number of aromatic amines is 1. The molecule has 0 aliphatic heterocycles. The summed E-state index contributed by atoms with van der Waals surface area (Å²) in [5.41, 5.74) is 0. The Hall–Kier alpha value is -0.850. The van der Waals surface area contributed by atoms with E-state index in [-0.39, 0.29) is 0 Å². The maximum atomic E-state index is 5.91. The van der Waals surface area contributed by atoms with Crippen LogP contribution in [0.2, 0.25) is 4.34 Å². The van der Waals surface area contributed by atoms with Gasteiger partial charge in [0.15, 0.2) is 4.77 Å². The van der Waals surface area contributed by atoms with Gasteiger partial charge < -0.3 is 4.90 Å². The minimum atomic E-state index is 0.651. The second-order valence-corrected chi connectivity index (χ2v) is 5.82. The van der Waals surface area contributed by atoms with Crippen LogP contribution in [-0.2, 0) is 13.1 Å². The predicted molar refractivity (Wildman–Crippen MR) is 74.5 cm³/mol. The third-order valence-corrected chi connectivity index (χ3v) is 3.95. The minimum Gasteiger partial charge on any atom is -0.339 e. The summed E-state index contributed by atoms with van der Waals surface area (Å²) in [5.74, 6) is 0.849. The SMILES string of the molecule is CCn1c(N(C)Cc2ccc(Cl)s2)n[nH]c1=S. The Kier molecular flexibility index (Phi) is 3.86. The molecule has 4 nitrogen and oxygen atoms in total. The van der Waals surface area contributed by atoms with Crippen LogP contribution in [0.1, 0.15) is 11.8 Å². The van der Waals surface area contributed by atoms with Gasteiger partial charge in [0, 0.05) is 18.5 Å². The first-order valence-electron chi connectivity index (χ1n) is 5.22. The molecule has 2 aromatic heterocycles. The molecule has 0 fully saturated rings. The van der Waals surface area contributed by atoms with E-state index in [4.69, 9.17) is 23.8 Å². The second kappa shape index (κ2) is 5.20. The third kappa shape index (κ3) is 2.70. The lowest BCUT2D eigenvalue weighted by atomic mass is 10.4.